The molecule has 1 heterocycles. The van der Waals surface area contributed by atoms with Crippen LogP contribution in [-0.4, -0.2) is 38.5 Å². The Kier molecular flexibility index (Phi) is 4.80. The van der Waals surface area contributed by atoms with E-state index in [1.165, 1.54) is 0 Å². The Hall–Kier alpha value is -1.69. The molecular weight excluding hydrogens is 310 g/mol. The van der Waals surface area contributed by atoms with E-state index in [1.54, 1.807) is 16.4 Å². The lowest BCUT2D eigenvalue weighted by Crippen LogP contribution is -2.49. The highest BCUT2D eigenvalue weighted by atomic mass is 32.2. The van der Waals surface area contributed by atoms with Gasteiger partial charge < -0.3 is 4.74 Å². The summed E-state index contributed by atoms with van der Waals surface area (Å²) >= 11 is 0. The summed E-state index contributed by atoms with van der Waals surface area (Å²) in [6.45, 7) is 3.22. The Morgan fingerprint density at radius 3 is 2.48 bits per heavy atom. The van der Waals surface area contributed by atoms with E-state index >= 15 is 0 Å². The molecule has 3 rings (SSSR count). The molecule has 0 aromatic heterocycles. The quantitative estimate of drug-likeness (QED) is 0.865. The lowest BCUT2D eigenvalue weighted by atomic mass is 10.1. The molecule has 23 heavy (non-hydrogen) atoms. The Labute approximate surface area is 137 Å². The van der Waals surface area contributed by atoms with Crippen molar-refractivity contribution in [3.8, 4) is 0 Å². The fourth-order valence-corrected chi connectivity index (χ4v) is 4.44. The first-order valence-electron chi connectivity index (χ1n) is 7.77. The topological polar surface area (TPSA) is 46.6 Å². The molecule has 0 bridgehead atoms. The third-order valence-corrected chi connectivity index (χ3v) is 6.08. The average Bonchev–Trinajstić information content (AvgIpc) is 2.56. The number of rotatable bonds is 4. The lowest BCUT2D eigenvalue weighted by molar-refractivity contribution is 0.0328. The SMILES string of the molecule is Cc1ccc(S(=O)(=O)N2CCOCC2Cc2ccccc2)cc1. The van der Waals surface area contributed by atoms with Crippen LogP contribution in [0.1, 0.15) is 11.1 Å². The van der Waals surface area contributed by atoms with E-state index in [2.05, 4.69) is 0 Å². The fourth-order valence-electron chi connectivity index (χ4n) is 2.85. The summed E-state index contributed by atoms with van der Waals surface area (Å²) in [5.74, 6) is 0. The summed E-state index contributed by atoms with van der Waals surface area (Å²) in [6, 6.07) is 16.8. The van der Waals surface area contributed by atoms with Crippen LogP contribution in [-0.2, 0) is 21.2 Å². The smallest absolute Gasteiger partial charge is 0.243 e. The molecule has 1 aliphatic heterocycles. The van der Waals surface area contributed by atoms with E-state index in [0.29, 0.717) is 31.1 Å². The number of benzene rings is 2. The molecule has 122 valence electrons. The van der Waals surface area contributed by atoms with Gasteiger partial charge in [-0.25, -0.2) is 8.42 Å². The molecule has 2 aromatic rings. The molecular formula is C18H21NO3S. The van der Waals surface area contributed by atoms with Crippen molar-refractivity contribution >= 4 is 10.0 Å². The van der Waals surface area contributed by atoms with Gasteiger partial charge in [-0.2, -0.15) is 4.31 Å². The zero-order valence-corrected chi connectivity index (χ0v) is 14.0. The first kappa shape index (κ1) is 16.2. The van der Waals surface area contributed by atoms with Crippen LogP contribution in [0, 0.1) is 6.92 Å². The Balaban J connectivity index is 1.87. The van der Waals surface area contributed by atoms with Crippen LogP contribution in [0.25, 0.3) is 0 Å². The van der Waals surface area contributed by atoms with E-state index in [9.17, 15) is 8.42 Å². The molecule has 1 fully saturated rings. The Morgan fingerprint density at radius 2 is 1.78 bits per heavy atom. The van der Waals surface area contributed by atoms with Crippen molar-refractivity contribution in [2.45, 2.75) is 24.3 Å². The first-order valence-corrected chi connectivity index (χ1v) is 9.21. The standard InChI is InChI=1S/C18H21NO3S/c1-15-7-9-18(10-8-15)23(20,21)19-11-12-22-14-17(19)13-16-5-3-2-4-6-16/h2-10,17H,11-14H2,1H3. The molecule has 0 amide bonds. The van der Waals surface area contributed by atoms with Crippen LogP contribution in [0.15, 0.2) is 59.5 Å². The first-order chi connectivity index (χ1) is 11.1. The molecule has 0 N–H and O–H groups in total. The van der Waals surface area contributed by atoms with Gasteiger partial charge >= 0.3 is 0 Å². The summed E-state index contributed by atoms with van der Waals surface area (Å²) < 4.78 is 33.1. The minimum atomic E-state index is -3.49. The van der Waals surface area contributed by atoms with Gasteiger partial charge in [0.1, 0.15) is 0 Å². The molecule has 5 heteroatoms. The largest absolute Gasteiger partial charge is 0.378 e. The Bertz CT molecular complexity index is 742. The maximum absolute atomic E-state index is 13.0. The molecule has 0 spiro atoms. The van der Waals surface area contributed by atoms with E-state index in [0.717, 1.165) is 11.1 Å². The zero-order chi connectivity index (χ0) is 16.3. The molecule has 1 unspecified atom stereocenters. The van der Waals surface area contributed by atoms with Crippen LogP contribution in [0.2, 0.25) is 0 Å². The molecule has 2 aromatic carbocycles. The molecule has 0 aliphatic carbocycles. The van der Waals surface area contributed by atoms with Gasteiger partial charge in [0.05, 0.1) is 24.2 Å². The average molecular weight is 331 g/mol. The third-order valence-electron chi connectivity index (χ3n) is 4.12. The van der Waals surface area contributed by atoms with Crippen LogP contribution in [0.3, 0.4) is 0 Å². The van der Waals surface area contributed by atoms with Crippen LogP contribution in [0.4, 0.5) is 0 Å². The van der Waals surface area contributed by atoms with Crippen molar-refractivity contribution in [2.75, 3.05) is 19.8 Å². The van der Waals surface area contributed by atoms with Gasteiger partial charge in [0.25, 0.3) is 0 Å². The second-order valence-corrected chi connectivity index (χ2v) is 7.74. The van der Waals surface area contributed by atoms with Gasteiger partial charge in [0.2, 0.25) is 10.0 Å². The van der Waals surface area contributed by atoms with Gasteiger partial charge in [0, 0.05) is 6.54 Å². The molecule has 1 aliphatic rings. The van der Waals surface area contributed by atoms with E-state index < -0.39 is 10.0 Å². The zero-order valence-electron chi connectivity index (χ0n) is 13.2. The van der Waals surface area contributed by atoms with Crippen LogP contribution < -0.4 is 0 Å². The highest BCUT2D eigenvalue weighted by molar-refractivity contribution is 7.89. The minimum absolute atomic E-state index is 0.169. The maximum atomic E-state index is 13.0. The van der Waals surface area contributed by atoms with Gasteiger partial charge in [-0.15, -0.1) is 0 Å². The monoisotopic (exact) mass is 331 g/mol. The summed E-state index contributed by atoms with van der Waals surface area (Å²) in [5, 5.41) is 0. The number of ether oxygens (including phenoxy) is 1. The maximum Gasteiger partial charge on any atom is 0.243 e. The van der Waals surface area contributed by atoms with E-state index in [4.69, 9.17) is 4.74 Å². The van der Waals surface area contributed by atoms with Gasteiger partial charge in [-0.05, 0) is 31.0 Å². The van der Waals surface area contributed by atoms with E-state index in [1.807, 2.05) is 49.4 Å². The molecule has 1 saturated heterocycles. The van der Waals surface area contributed by atoms with Crippen molar-refractivity contribution in [1.82, 2.24) is 4.31 Å². The predicted octanol–water partition coefficient (Wildman–Crippen LogP) is 2.63. The number of nitrogens with zero attached hydrogens (tertiary/aromatic N) is 1. The third kappa shape index (κ3) is 3.63. The predicted molar refractivity (Wildman–Crippen MR) is 89.8 cm³/mol. The van der Waals surface area contributed by atoms with Crippen molar-refractivity contribution in [3.05, 3.63) is 65.7 Å². The fraction of sp³-hybridized carbons (Fsp3) is 0.333. The number of aryl methyl sites for hydroxylation is 1. The van der Waals surface area contributed by atoms with Gasteiger partial charge in [0.15, 0.2) is 0 Å². The second kappa shape index (κ2) is 6.83. The lowest BCUT2D eigenvalue weighted by Gasteiger charge is -2.34. The summed E-state index contributed by atoms with van der Waals surface area (Å²) in [4.78, 5) is 0.350. The molecule has 4 nitrogen and oxygen atoms in total. The van der Waals surface area contributed by atoms with Crippen LogP contribution >= 0.6 is 0 Å². The minimum Gasteiger partial charge on any atom is -0.378 e. The highest BCUT2D eigenvalue weighted by Crippen LogP contribution is 2.23. The normalized spacial score (nSPS) is 19.6. The van der Waals surface area contributed by atoms with Gasteiger partial charge in [-0.3, -0.25) is 0 Å². The molecule has 1 atom stereocenters. The summed E-state index contributed by atoms with van der Waals surface area (Å²) in [6.07, 6.45) is 0.659. The number of sulfonamides is 1. The van der Waals surface area contributed by atoms with Crippen molar-refractivity contribution < 1.29 is 13.2 Å². The number of hydrogen-bond donors (Lipinski definition) is 0. The van der Waals surface area contributed by atoms with Gasteiger partial charge in [-0.1, -0.05) is 48.0 Å². The Morgan fingerprint density at radius 1 is 1.09 bits per heavy atom. The highest BCUT2D eigenvalue weighted by Gasteiger charge is 2.34. The summed E-state index contributed by atoms with van der Waals surface area (Å²) in [7, 11) is -3.49. The molecule has 0 radical (unpaired) electrons. The number of hydrogen-bond acceptors (Lipinski definition) is 3. The summed E-state index contributed by atoms with van der Waals surface area (Å²) in [5.41, 5.74) is 2.17. The van der Waals surface area contributed by atoms with Crippen LogP contribution in [0.5, 0.6) is 0 Å². The number of morpholine rings is 1. The molecule has 0 saturated carbocycles. The second-order valence-electron chi connectivity index (χ2n) is 5.85. The van der Waals surface area contributed by atoms with E-state index in [-0.39, 0.29) is 6.04 Å². The van der Waals surface area contributed by atoms with Crippen molar-refractivity contribution in [2.24, 2.45) is 0 Å². The van der Waals surface area contributed by atoms with Crippen molar-refractivity contribution in [1.29, 1.82) is 0 Å². The van der Waals surface area contributed by atoms with Crippen molar-refractivity contribution in [3.63, 3.8) is 0 Å².